The number of hydrogen-bond donors (Lipinski definition) is 0. The topological polar surface area (TPSA) is 12.9 Å². The summed E-state index contributed by atoms with van der Waals surface area (Å²) in [6.45, 7) is 2.04. The highest BCUT2D eigenvalue weighted by atomic mass is 19.2. The molecular weight excluding hydrogens is 373 g/mol. The lowest BCUT2D eigenvalue weighted by Gasteiger charge is -2.09. The molecule has 0 N–H and O–H groups in total. The molecule has 0 atom stereocenters. The summed E-state index contributed by atoms with van der Waals surface area (Å²) in [4.78, 5) is 4.19. The van der Waals surface area contributed by atoms with E-state index >= 15 is 0 Å². The zero-order chi connectivity index (χ0) is 20.3. The number of halogens is 5. The second-order valence-electron chi connectivity index (χ2n) is 6.58. The number of hydrogen-bond acceptors (Lipinski definition) is 1. The summed E-state index contributed by atoms with van der Waals surface area (Å²) in [5, 5.41) is 0. The van der Waals surface area contributed by atoms with E-state index in [-0.39, 0.29) is 29.5 Å². The van der Waals surface area contributed by atoms with Gasteiger partial charge in [-0.25, -0.2) is 22.0 Å². The minimum atomic E-state index is -1.55. The number of benzene rings is 2. The first-order chi connectivity index (χ1) is 13.4. The molecule has 2 aromatic carbocycles. The van der Waals surface area contributed by atoms with Crippen molar-refractivity contribution in [2.45, 2.75) is 32.6 Å². The largest absolute Gasteiger partial charge is 0.256 e. The van der Waals surface area contributed by atoms with Crippen molar-refractivity contribution in [1.29, 1.82) is 0 Å². The average Bonchev–Trinajstić information content (AvgIpc) is 2.68. The Morgan fingerprint density at radius 1 is 0.714 bits per heavy atom. The molecular formula is C22H18F5N. The van der Waals surface area contributed by atoms with Gasteiger partial charge < -0.3 is 0 Å². The van der Waals surface area contributed by atoms with Crippen molar-refractivity contribution in [2.75, 3.05) is 0 Å². The fourth-order valence-electron chi connectivity index (χ4n) is 3.03. The van der Waals surface area contributed by atoms with E-state index in [0.717, 1.165) is 30.5 Å². The third-order valence-electron chi connectivity index (χ3n) is 4.53. The number of aryl methyl sites for hydroxylation is 3. The average molecular weight is 391 g/mol. The molecule has 28 heavy (non-hydrogen) atoms. The molecule has 0 aliphatic carbocycles. The van der Waals surface area contributed by atoms with Crippen molar-refractivity contribution in [3.63, 3.8) is 0 Å². The zero-order valence-electron chi connectivity index (χ0n) is 15.2. The smallest absolute Gasteiger partial charge is 0.194 e. The number of rotatable bonds is 6. The summed E-state index contributed by atoms with van der Waals surface area (Å²) >= 11 is 0. The fourth-order valence-corrected chi connectivity index (χ4v) is 3.03. The fraction of sp³-hybridized carbons (Fsp3) is 0.227. The van der Waals surface area contributed by atoms with Crippen molar-refractivity contribution in [3.05, 3.63) is 88.4 Å². The summed E-state index contributed by atoms with van der Waals surface area (Å²) in [5.41, 5.74) is 1.61. The molecule has 0 aliphatic heterocycles. The van der Waals surface area contributed by atoms with Crippen LogP contribution in [0.25, 0.3) is 11.3 Å². The van der Waals surface area contributed by atoms with Crippen LogP contribution in [0.4, 0.5) is 22.0 Å². The molecule has 0 fully saturated rings. The summed E-state index contributed by atoms with van der Waals surface area (Å²) in [6, 6.07) is 8.03. The monoisotopic (exact) mass is 391 g/mol. The molecule has 0 saturated carbocycles. The zero-order valence-corrected chi connectivity index (χ0v) is 15.2. The maximum Gasteiger partial charge on any atom is 0.194 e. The van der Waals surface area contributed by atoms with E-state index in [0.29, 0.717) is 5.69 Å². The van der Waals surface area contributed by atoms with E-state index in [9.17, 15) is 22.0 Å². The van der Waals surface area contributed by atoms with Crippen molar-refractivity contribution in [2.24, 2.45) is 0 Å². The van der Waals surface area contributed by atoms with Crippen LogP contribution >= 0.6 is 0 Å². The van der Waals surface area contributed by atoms with Crippen molar-refractivity contribution >= 4 is 0 Å². The molecule has 3 aromatic rings. The SMILES string of the molecule is CCCc1ccc(-c2ccc(CCc3cc(F)c(F)c(F)c3)c(F)c2F)nc1. The molecule has 0 amide bonds. The van der Waals surface area contributed by atoms with E-state index in [1.165, 1.54) is 12.1 Å². The quantitative estimate of drug-likeness (QED) is 0.361. The van der Waals surface area contributed by atoms with Gasteiger partial charge in [0.05, 0.1) is 5.69 Å². The Labute approximate surface area is 159 Å². The molecule has 0 saturated heterocycles. The Morgan fingerprint density at radius 2 is 1.43 bits per heavy atom. The lowest BCUT2D eigenvalue weighted by Crippen LogP contribution is -2.02. The van der Waals surface area contributed by atoms with Crippen molar-refractivity contribution in [3.8, 4) is 11.3 Å². The van der Waals surface area contributed by atoms with Gasteiger partial charge >= 0.3 is 0 Å². The Morgan fingerprint density at radius 3 is 2.04 bits per heavy atom. The van der Waals surface area contributed by atoms with Crippen LogP contribution in [0.15, 0.2) is 42.6 Å². The summed E-state index contributed by atoms with van der Waals surface area (Å²) in [5.74, 6) is -6.23. The first kappa shape index (κ1) is 20.0. The van der Waals surface area contributed by atoms with Crippen LogP contribution in [0.1, 0.15) is 30.0 Å². The molecule has 1 aromatic heterocycles. The van der Waals surface area contributed by atoms with Crippen LogP contribution in [0.2, 0.25) is 0 Å². The van der Waals surface area contributed by atoms with Gasteiger partial charge in [-0.2, -0.15) is 0 Å². The first-order valence-electron chi connectivity index (χ1n) is 8.96. The normalized spacial score (nSPS) is 11.1. The number of aromatic nitrogens is 1. The Balaban J connectivity index is 1.80. The van der Waals surface area contributed by atoms with Crippen LogP contribution in [0.5, 0.6) is 0 Å². The summed E-state index contributed by atoms with van der Waals surface area (Å²) in [6.07, 6.45) is 3.50. The Kier molecular flexibility index (Phi) is 6.07. The third kappa shape index (κ3) is 4.21. The van der Waals surface area contributed by atoms with Gasteiger partial charge in [0.15, 0.2) is 29.1 Å². The molecule has 1 nitrogen and oxygen atoms in total. The summed E-state index contributed by atoms with van der Waals surface area (Å²) in [7, 11) is 0. The molecule has 1 heterocycles. The third-order valence-corrected chi connectivity index (χ3v) is 4.53. The molecule has 3 rings (SSSR count). The highest BCUT2D eigenvalue weighted by Crippen LogP contribution is 2.26. The van der Waals surface area contributed by atoms with Gasteiger partial charge in [0.25, 0.3) is 0 Å². The van der Waals surface area contributed by atoms with Gasteiger partial charge in [0.2, 0.25) is 0 Å². The predicted octanol–water partition coefficient (Wildman–Crippen LogP) is 6.18. The first-order valence-corrected chi connectivity index (χ1v) is 8.96. The van der Waals surface area contributed by atoms with E-state index in [1.807, 2.05) is 13.0 Å². The lowest BCUT2D eigenvalue weighted by molar-refractivity contribution is 0.445. The van der Waals surface area contributed by atoms with Gasteiger partial charge in [0.1, 0.15) is 0 Å². The molecule has 0 aliphatic rings. The van der Waals surface area contributed by atoms with Gasteiger partial charge in [-0.15, -0.1) is 0 Å². The predicted molar refractivity (Wildman–Crippen MR) is 97.3 cm³/mol. The van der Waals surface area contributed by atoms with Gasteiger partial charge in [-0.3, -0.25) is 4.98 Å². The second kappa shape index (κ2) is 8.50. The molecule has 0 unspecified atom stereocenters. The highest BCUT2D eigenvalue weighted by molar-refractivity contribution is 5.60. The van der Waals surface area contributed by atoms with Crippen LogP contribution < -0.4 is 0 Å². The molecule has 0 spiro atoms. The van der Waals surface area contributed by atoms with E-state index in [4.69, 9.17) is 0 Å². The molecule has 6 heteroatoms. The Bertz CT molecular complexity index is 960. The maximum atomic E-state index is 14.5. The Hall–Kier alpha value is -2.76. The minimum absolute atomic E-state index is 0.0103. The minimum Gasteiger partial charge on any atom is -0.256 e. The van der Waals surface area contributed by atoms with Crippen LogP contribution in [0, 0.1) is 29.1 Å². The van der Waals surface area contributed by atoms with Crippen molar-refractivity contribution in [1.82, 2.24) is 4.98 Å². The highest BCUT2D eigenvalue weighted by Gasteiger charge is 2.16. The number of pyridine rings is 1. The van der Waals surface area contributed by atoms with E-state index in [2.05, 4.69) is 4.98 Å². The number of nitrogens with zero attached hydrogens (tertiary/aromatic N) is 1. The van der Waals surface area contributed by atoms with Gasteiger partial charge in [0, 0.05) is 11.8 Å². The molecule has 0 radical (unpaired) electrons. The van der Waals surface area contributed by atoms with Crippen LogP contribution in [-0.4, -0.2) is 4.98 Å². The van der Waals surface area contributed by atoms with Gasteiger partial charge in [-0.05, 0) is 60.2 Å². The second-order valence-corrected chi connectivity index (χ2v) is 6.58. The lowest BCUT2D eigenvalue weighted by atomic mass is 10.0. The molecule has 0 bridgehead atoms. The standard InChI is InChI=1S/C22H18F5N/c1-2-3-13-5-9-19(28-12-13)16-8-7-15(20(25)21(16)26)6-4-14-10-17(23)22(27)18(24)11-14/h5,7-12H,2-4,6H2,1H3. The maximum absolute atomic E-state index is 14.5. The van der Waals surface area contributed by atoms with Crippen molar-refractivity contribution < 1.29 is 22.0 Å². The van der Waals surface area contributed by atoms with Gasteiger partial charge in [-0.1, -0.05) is 25.5 Å². The van der Waals surface area contributed by atoms with Crippen LogP contribution in [0.3, 0.4) is 0 Å². The summed E-state index contributed by atoms with van der Waals surface area (Å²) < 4.78 is 68.5. The van der Waals surface area contributed by atoms with Crippen LogP contribution in [-0.2, 0) is 19.3 Å². The van der Waals surface area contributed by atoms with E-state index < -0.39 is 29.1 Å². The van der Waals surface area contributed by atoms with E-state index in [1.54, 1.807) is 12.3 Å². The molecule has 146 valence electrons.